The minimum absolute atomic E-state index is 0.0369. The van der Waals surface area contributed by atoms with Crippen LogP contribution < -0.4 is 5.32 Å². The van der Waals surface area contributed by atoms with Crippen molar-refractivity contribution < 1.29 is 9.59 Å². The number of amides is 2. The van der Waals surface area contributed by atoms with Gasteiger partial charge < -0.3 is 15.1 Å². The third-order valence-electron chi connectivity index (χ3n) is 2.65. The number of carbonyl (C=O) groups excluding carboxylic acids is 2. The van der Waals surface area contributed by atoms with Crippen LogP contribution in [0.15, 0.2) is 0 Å². The summed E-state index contributed by atoms with van der Waals surface area (Å²) in [5, 5.41) is 2.83. The van der Waals surface area contributed by atoms with Gasteiger partial charge in [-0.3, -0.25) is 9.59 Å². The van der Waals surface area contributed by atoms with E-state index in [0.29, 0.717) is 19.4 Å². The molecule has 0 saturated carbocycles. The molecule has 0 aromatic rings. The van der Waals surface area contributed by atoms with E-state index in [2.05, 4.69) is 5.32 Å². The van der Waals surface area contributed by atoms with Gasteiger partial charge in [0.1, 0.15) is 6.04 Å². The lowest BCUT2D eigenvalue weighted by Gasteiger charge is -2.19. The summed E-state index contributed by atoms with van der Waals surface area (Å²) in [6.07, 6.45) is 1.13. The summed E-state index contributed by atoms with van der Waals surface area (Å²) < 4.78 is 0. The summed E-state index contributed by atoms with van der Waals surface area (Å²) in [6, 6.07) is -0.264. The van der Waals surface area contributed by atoms with Gasteiger partial charge in [-0.2, -0.15) is 0 Å². The Kier molecular flexibility index (Phi) is 4.08. The summed E-state index contributed by atoms with van der Waals surface area (Å²) in [4.78, 5) is 26.4. The Morgan fingerprint density at radius 3 is 2.73 bits per heavy atom. The van der Waals surface area contributed by atoms with Gasteiger partial charge in [0, 0.05) is 26.6 Å². The lowest BCUT2D eigenvalue weighted by atomic mass is 10.2. The van der Waals surface area contributed by atoms with Crippen LogP contribution in [0.3, 0.4) is 0 Å². The van der Waals surface area contributed by atoms with Gasteiger partial charge in [-0.25, -0.2) is 0 Å². The van der Waals surface area contributed by atoms with Crippen molar-refractivity contribution in [2.45, 2.75) is 18.9 Å². The Bertz CT molecular complexity index is 253. The largest absolute Gasteiger partial charge is 0.353 e. The normalized spacial score (nSPS) is 21.2. The van der Waals surface area contributed by atoms with E-state index in [-0.39, 0.29) is 17.9 Å². The van der Waals surface area contributed by atoms with Crippen LogP contribution in [0.2, 0.25) is 0 Å². The zero-order valence-corrected chi connectivity index (χ0v) is 9.62. The molecule has 1 fully saturated rings. The number of rotatable bonds is 4. The number of nitrogens with one attached hydrogen (secondary N) is 1. The van der Waals surface area contributed by atoms with Crippen molar-refractivity contribution in [2.75, 3.05) is 34.2 Å². The Labute approximate surface area is 90.4 Å². The predicted octanol–water partition coefficient (Wildman–Crippen LogP) is -0.715. The number of hydrogen-bond acceptors (Lipinski definition) is 3. The fraction of sp³-hybridized carbons (Fsp3) is 0.800. The van der Waals surface area contributed by atoms with Gasteiger partial charge in [0.25, 0.3) is 0 Å². The summed E-state index contributed by atoms with van der Waals surface area (Å²) in [6.45, 7) is 1.44. The zero-order chi connectivity index (χ0) is 11.4. The second-order valence-corrected chi connectivity index (χ2v) is 4.15. The van der Waals surface area contributed by atoms with E-state index in [1.807, 2.05) is 19.0 Å². The molecule has 1 unspecified atom stereocenters. The second kappa shape index (κ2) is 5.11. The summed E-state index contributed by atoms with van der Waals surface area (Å²) in [7, 11) is 5.60. The van der Waals surface area contributed by atoms with E-state index >= 15 is 0 Å². The predicted molar refractivity (Wildman–Crippen MR) is 57.4 cm³/mol. The van der Waals surface area contributed by atoms with Gasteiger partial charge in [-0.15, -0.1) is 0 Å². The SMILES string of the molecule is CN(C)CCNC(=O)C1CCC(=O)N1C. The molecule has 1 atom stereocenters. The molecule has 0 radical (unpaired) electrons. The van der Waals surface area contributed by atoms with Gasteiger partial charge >= 0.3 is 0 Å². The van der Waals surface area contributed by atoms with Gasteiger partial charge in [0.2, 0.25) is 11.8 Å². The minimum atomic E-state index is -0.264. The van der Waals surface area contributed by atoms with Gasteiger partial charge in [-0.05, 0) is 20.5 Å². The van der Waals surface area contributed by atoms with E-state index in [4.69, 9.17) is 0 Å². The molecule has 1 aliphatic rings. The van der Waals surface area contributed by atoms with Crippen molar-refractivity contribution in [1.82, 2.24) is 15.1 Å². The smallest absolute Gasteiger partial charge is 0.242 e. The Hall–Kier alpha value is -1.10. The van der Waals surface area contributed by atoms with Crippen molar-refractivity contribution in [1.29, 1.82) is 0 Å². The van der Waals surface area contributed by atoms with Crippen molar-refractivity contribution in [3.8, 4) is 0 Å². The lowest BCUT2D eigenvalue weighted by molar-refractivity contribution is -0.133. The number of nitrogens with zero attached hydrogens (tertiary/aromatic N) is 2. The molecule has 1 rings (SSSR count). The van der Waals surface area contributed by atoms with Crippen LogP contribution in [0, 0.1) is 0 Å². The van der Waals surface area contributed by atoms with Crippen LogP contribution in [0.4, 0.5) is 0 Å². The van der Waals surface area contributed by atoms with E-state index in [1.165, 1.54) is 4.90 Å². The van der Waals surface area contributed by atoms with Gasteiger partial charge in [0.15, 0.2) is 0 Å². The quantitative estimate of drug-likeness (QED) is 0.671. The molecule has 0 aromatic carbocycles. The van der Waals surface area contributed by atoms with Crippen LogP contribution in [0.5, 0.6) is 0 Å². The maximum atomic E-state index is 11.7. The maximum Gasteiger partial charge on any atom is 0.242 e. The lowest BCUT2D eigenvalue weighted by Crippen LogP contribution is -2.44. The van der Waals surface area contributed by atoms with Crippen molar-refractivity contribution in [3.63, 3.8) is 0 Å². The third kappa shape index (κ3) is 3.20. The van der Waals surface area contributed by atoms with E-state index < -0.39 is 0 Å². The van der Waals surface area contributed by atoms with Crippen molar-refractivity contribution >= 4 is 11.8 Å². The Morgan fingerprint density at radius 2 is 2.27 bits per heavy atom. The van der Waals surface area contributed by atoms with Crippen molar-refractivity contribution in [3.05, 3.63) is 0 Å². The first-order valence-corrected chi connectivity index (χ1v) is 5.20. The highest BCUT2D eigenvalue weighted by Gasteiger charge is 2.32. The molecule has 15 heavy (non-hydrogen) atoms. The summed E-state index contributed by atoms with van der Waals surface area (Å²) in [5.74, 6) is 0.0213. The minimum Gasteiger partial charge on any atom is -0.353 e. The number of hydrogen-bond donors (Lipinski definition) is 1. The summed E-state index contributed by atoms with van der Waals surface area (Å²) >= 11 is 0. The topological polar surface area (TPSA) is 52.7 Å². The first-order chi connectivity index (χ1) is 7.02. The van der Waals surface area contributed by atoms with E-state index in [9.17, 15) is 9.59 Å². The molecule has 5 nitrogen and oxygen atoms in total. The molecule has 0 spiro atoms. The molecular weight excluding hydrogens is 194 g/mol. The monoisotopic (exact) mass is 213 g/mol. The second-order valence-electron chi connectivity index (χ2n) is 4.15. The maximum absolute atomic E-state index is 11.7. The highest BCUT2D eigenvalue weighted by molar-refractivity contribution is 5.90. The molecule has 1 heterocycles. The Morgan fingerprint density at radius 1 is 1.60 bits per heavy atom. The molecule has 1 N–H and O–H groups in total. The molecule has 2 amide bonds. The van der Waals surface area contributed by atoms with E-state index in [1.54, 1.807) is 7.05 Å². The fourth-order valence-electron chi connectivity index (χ4n) is 1.63. The van der Waals surface area contributed by atoms with Crippen molar-refractivity contribution in [2.24, 2.45) is 0 Å². The first kappa shape index (κ1) is 12.0. The molecule has 86 valence electrons. The molecule has 1 saturated heterocycles. The number of likely N-dealkylation sites (N-methyl/N-ethyl adjacent to an activating group) is 2. The first-order valence-electron chi connectivity index (χ1n) is 5.20. The molecule has 0 bridgehead atoms. The molecule has 5 heteroatoms. The highest BCUT2D eigenvalue weighted by Crippen LogP contribution is 2.15. The van der Waals surface area contributed by atoms with Gasteiger partial charge in [0.05, 0.1) is 0 Å². The highest BCUT2D eigenvalue weighted by atomic mass is 16.2. The summed E-state index contributed by atoms with van der Waals surface area (Å²) in [5.41, 5.74) is 0. The average molecular weight is 213 g/mol. The van der Waals surface area contributed by atoms with Crippen LogP contribution in [-0.4, -0.2) is 61.9 Å². The Balaban J connectivity index is 2.31. The standard InChI is InChI=1S/C10H19N3O2/c1-12(2)7-6-11-10(15)8-4-5-9(14)13(8)3/h8H,4-7H2,1-3H3,(H,11,15). The number of carbonyl (C=O) groups is 2. The fourth-order valence-corrected chi connectivity index (χ4v) is 1.63. The molecule has 0 aliphatic carbocycles. The number of likely N-dealkylation sites (tertiary alicyclic amines) is 1. The zero-order valence-electron chi connectivity index (χ0n) is 9.62. The van der Waals surface area contributed by atoms with E-state index in [0.717, 1.165) is 6.54 Å². The van der Waals surface area contributed by atoms with Crippen LogP contribution in [0.25, 0.3) is 0 Å². The molecule has 1 aliphatic heterocycles. The molecular formula is C10H19N3O2. The van der Waals surface area contributed by atoms with Gasteiger partial charge in [-0.1, -0.05) is 0 Å². The molecule has 0 aromatic heterocycles. The average Bonchev–Trinajstić information content (AvgIpc) is 2.47. The van der Waals surface area contributed by atoms with Crippen LogP contribution >= 0.6 is 0 Å². The van der Waals surface area contributed by atoms with Crippen LogP contribution in [0.1, 0.15) is 12.8 Å². The van der Waals surface area contributed by atoms with Crippen LogP contribution in [-0.2, 0) is 9.59 Å². The third-order valence-corrected chi connectivity index (χ3v) is 2.65.